The maximum atomic E-state index is 5.74. The van der Waals surface area contributed by atoms with Crippen LogP contribution in [0.1, 0.15) is 20.3 Å². The Morgan fingerprint density at radius 3 is 2.14 bits per heavy atom. The van der Waals surface area contributed by atoms with E-state index in [-0.39, 0.29) is 0 Å². The molecule has 2 rings (SSSR count). The molecule has 0 heterocycles. The highest BCUT2D eigenvalue weighted by atomic mass is 79.9. The molecule has 0 aromatic heterocycles. The van der Waals surface area contributed by atoms with Gasteiger partial charge in [-0.05, 0) is 48.7 Å². The van der Waals surface area contributed by atoms with Crippen molar-refractivity contribution in [2.75, 3.05) is 13.2 Å². The van der Waals surface area contributed by atoms with Gasteiger partial charge in [-0.2, -0.15) is 0 Å². The van der Waals surface area contributed by atoms with Gasteiger partial charge in [-0.3, -0.25) is 0 Å². The molecule has 1 unspecified atom stereocenters. The lowest BCUT2D eigenvalue weighted by Crippen LogP contribution is -2.29. The standard InChI is InChI=1S/C18H22BrNO/c1-3-14(2)20-12-13-21-18-10-6-16(7-11-18)15-4-8-17(19)9-5-15/h4-11,14,20H,3,12-13H2,1-2H3. The summed E-state index contributed by atoms with van der Waals surface area (Å²) in [6.45, 7) is 5.94. The third-order valence-electron chi connectivity index (χ3n) is 3.51. The molecule has 1 atom stereocenters. The predicted octanol–water partition coefficient (Wildman–Crippen LogP) is 4.88. The van der Waals surface area contributed by atoms with E-state index in [1.54, 1.807) is 0 Å². The van der Waals surface area contributed by atoms with Crippen molar-refractivity contribution in [3.63, 3.8) is 0 Å². The molecule has 2 aromatic carbocycles. The number of halogens is 1. The summed E-state index contributed by atoms with van der Waals surface area (Å²) in [5.74, 6) is 0.918. The van der Waals surface area contributed by atoms with Gasteiger partial charge in [-0.1, -0.05) is 47.1 Å². The fraction of sp³-hybridized carbons (Fsp3) is 0.333. The molecule has 2 aromatic rings. The van der Waals surface area contributed by atoms with Gasteiger partial charge in [0, 0.05) is 17.1 Å². The lowest BCUT2D eigenvalue weighted by atomic mass is 10.1. The second-order valence-electron chi connectivity index (χ2n) is 5.14. The van der Waals surface area contributed by atoms with Crippen molar-refractivity contribution < 1.29 is 4.74 Å². The SMILES string of the molecule is CCC(C)NCCOc1ccc(-c2ccc(Br)cc2)cc1. The third-order valence-corrected chi connectivity index (χ3v) is 4.04. The number of ether oxygens (including phenoxy) is 1. The minimum absolute atomic E-state index is 0.549. The fourth-order valence-electron chi connectivity index (χ4n) is 2.00. The van der Waals surface area contributed by atoms with E-state index in [1.165, 1.54) is 11.1 Å². The smallest absolute Gasteiger partial charge is 0.119 e. The summed E-state index contributed by atoms with van der Waals surface area (Å²) in [4.78, 5) is 0. The van der Waals surface area contributed by atoms with E-state index in [1.807, 2.05) is 12.1 Å². The average molecular weight is 348 g/mol. The first-order valence-electron chi connectivity index (χ1n) is 7.41. The predicted molar refractivity (Wildman–Crippen MR) is 92.8 cm³/mol. The van der Waals surface area contributed by atoms with Crippen LogP contribution in [0.5, 0.6) is 5.75 Å². The lowest BCUT2D eigenvalue weighted by Gasteiger charge is -2.12. The van der Waals surface area contributed by atoms with Crippen LogP contribution in [0.4, 0.5) is 0 Å². The van der Waals surface area contributed by atoms with Crippen LogP contribution in [0.25, 0.3) is 11.1 Å². The van der Waals surface area contributed by atoms with E-state index in [0.29, 0.717) is 12.6 Å². The fourth-order valence-corrected chi connectivity index (χ4v) is 2.27. The Kier molecular flexibility index (Phi) is 6.27. The summed E-state index contributed by atoms with van der Waals surface area (Å²) < 4.78 is 6.84. The Morgan fingerprint density at radius 2 is 1.57 bits per heavy atom. The van der Waals surface area contributed by atoms with Crippen LogP contribution >= 0.6 is 15.9 Å². The molecule has 0 radical (unpaired) electrons. The van der Waals surface area contributed by atoms with Crippen LogP contribution in [-0.4, -0.2) is 19.2 Å². The van der Waals surface area contributed by atoms with Crippen molar-refractivity contribution in [1.29, 1.82) is 0 Å². The van der Waals surface area contributed by atoms with Gasteiger partial charge < -0.3 is 10.1 Å². The van der Waals surface area contributed by atoms with Crippen molar-refractivity contribution in [3.8, 4) is 16.9 Å². The summed E-state index contributed by atoms with van der Waals surface area (Å²) in [6.07, 6.45) is 1.14. The number of hydrogen-bond acceptors (Lipinski definition) is 2. The van der Waals surface area contributed by atoms with Gasteiger partial charge in [0.05, 0.1) is 0 Å². The maximum absolute atomic E-state index is 5.74. The van der Waals surface area contributed by atoms with E-state index in [9.17, 15) is 0 Å². The molecule has 0 aliphatic carbocycles. The van der Waals surface area contributed by atoms with Gasteiger partial charge in [0.25, 0.3) is 0 Å². The number of rotatable bonds is 7. The van der Waals surface area contributed by atoms with E-state index in [2.05, 4.69) is 71.5 Å². The molecule has 0 fully saturated rings. The molecular formula is C18H22BrNO. The van der Waals surface area contributed by atoms with Crippen molar-refractivity contribution in [2.24, 2.45) is 0 Å². The molecule has 0 bridgehead atoms. The quantitative estimate of drug-likeness (QED) is 0.720. The first kappa shape index (κ1) is 16.1. The summed E-state index contributed by atoms with van der Waals surface area (Å²) in [7, 11) is 0. The molecule has 0 aliphatic rings. The number of benzene rings is 2. The Morgan fingerprint density at radius 1 is 1.00 bits per heavy atom. The second-order valence-corrected chi connectivity index (χ2v) is 6.06. The minimum Gasteiger partial charge on any atom is -0.492 e. The van der Waals surface area contributed by atoms with Gasteiger partial charge in [-0.15, -0.1) is 0 Å². The molecular weight excluding hydrogens is 326 g/mol. The summed E-state index contributed by atoms with van der Waals surface area (Å²) >= 11 is 3.45. The van der Waals surface area contributed by atoms with Crippen molar-refractivity contribution in [3.05, 3.63) is 53.0 Å². The van der Waals surface area contributed by atoms with Gasteiger partial charge in [0.2, 0.25) is 0 Å². The van der Waals surface area contributed by atoms with Crippen LogP contribution in [0.15, 0.2) is 53.0 Å². The van der Waals surface area contributed by atoms with Crippen molar-refractivity contribution >= 4 is 15.9 Å². The largest absolute Gasteiger partial charge is 0.492 e. The Hall–Kier alpha value is -1.32. The summed E-state index contributed by atoms with van der Waals surface area (Å²) in [5.41, 5.74) is 2.41. The molecule has 2 nitrogen and oxygen atoms in total. The zero-order valence-electron chi connectivity index (χ0n) is 12.6. The van der Waals surface area contributed by atoms with Crippen molar-refractivity contribution in [2.45, 2.75) is 26.3 Å². The van der Waals surface area contributed by atoms with Crippen LogP contribution in [0, 0.1) is 0 Å². The van der Waals surface area contributed by atoms with Crippen LogP contribution < -0.4 is 10.1 Å². The summed E-state index contributed by atoms with van der Waals surface area (Å²) in [6, 6.07) is 17.1. The molecule has 0 amide bonds. The first-order chi connectivity index (χ1) is 10.2. The highest BCUT2D eigenvalue weighted by Crippen LogP contribution is 2.23. The van der Waals surface area contributed by atoms with Crippen molar-refractivity contribution in [1.82, 2.24) is 5.32 Å². The molecule has 21 heavy (non-hydrogen) atoms. The molecule has 0 aliphatic heterocycles. The monoisotopic (exact) mass is 347 g/mol. The maximum Gasteiger partial charge on any atom is 0.119 e. The third kappa shape index (κ3) is 5.18. The highest BCUT2D eigenvalue weighted by molar-refractivity contribution is 9.10. The second kappa shape index (κ2) is 8.20. The summed E-state index contributed by atoms with van der Waals surface area (Å²) in [5, 5.41) is 3.42. The molecule has 1 N–H and O–H groups in total. The first-order valence-corrected chi connectivity index (χ1v) is 8.20. The zero-order chi connectivity index (χ0) is 15.1. The van der Waals surface area contributed by atoms with Gasteiger partial charge in [0.1, 0.15) is 12.4 Å². The average Bonchev–Trinajstić information content (AvgIpc) is 2.52. The van der Waals surface area contributed by atoms with Gasteiger partial charge in [0.15, 0.2) is 0 Å². The Bertz CT molecular complexity index is 536. The molecule has 112 valence electrons. The zero-order valence-corrected chi connectivity index (χ0v) is 14.2. The van der Waals surface area contributed by atoms with E-state index in [0.717, 1.165) is 23.2 Å². The highest BCUT2D eigenvalue weighted by Gasteiger charge is 2.00. The van der Waals surface area contributed by atoms with Crippen LogP contribution in [0.2, 0.25) is 0 Å². The van der Waals surface area contributed by atoms with Gasteiger partial charge >= 0.3 is 0 Å². The van der Waals surface area contributed by atoms with Gasteiger partial charge in [-0.25, -0.2) is 0 Å². The number of hydrogen-bond donors (Lipinski definition) is 1. The Balaban J connectivity index is 1.86. The topological polar surface area (TPSA) is 21.3 Å². The Labute approximate surface area is 135 Å². The number of nitrogens with one attached hydrogen (secondary N) is 1. The normalized spacial score (nSPS) is 12.1. The molecule has 0 spiro atoms. The minimum atomic E-state index is 0.549. The molecule has 0 saturated carbocycles. The van der Waals surface area contributed by atoms with Crippen LogP contribution in [0.3, 0.4) is 0 Å². The van der Waals surface area contributed by atoms with E-state index >= 15 is 0 Å². The molecule has 3 heteroatoms. The van der Waals surface area contributed by atoms with Crippen LogP contribution in [-0.2, 0) is 0 Å². The van der Waals surface area contributed by atoms with E-state index < -0.39 is 0 Å². The molecule has 0 saturated heterocycles. The lowest BCUT2D eigenvalue weighted by molar-refractivity contribution is 0.306. The van der Waals surface area contributed by atoms with E-state index in [4.69, 9.17) is 4.74 Å².